The summed E-state index contributed by atoms with van der Waals surface area (Å²) in [6.45, 7) is 1.96. The number of carbonyl (C=O) groups is 1. The third-order valence-electron chi connectivity index (χ3n) is 4.09. The zero-order valence-corrected chi connectivity index (χ0v) is 13.0. The van der Waals surface area contributed by atoms with Gasteiger partial charge in [-0.15, -0.1) is 0 Å². The summed E-state index contributed by atoms with van der Waals surface area (Å²) in [6.07, 6.45) is 2.81. The summed E-state index contributed by atoms with van der Waals surface area (Å²) in [6, 6.07) is 15.0. The van der Waals surface area contributed by atoms with Gasteiger partial charge in [0.15, 0.2) is 0 Å². The number of aliphatic hydroxyl groups excluding tert-OH is 1. The van der Waals surface area contributed by atoms with Crippen molar-refractivity contribution < 1.29 is 9.90 Å². The van der Waals surface area contributed by atoms with Crippen molar-refractivity contribution in [2.45, 2.75) is 19.4 Å². The molecule has 23 heavy (non-hydrogen) atoms. The number of fused-ring (bicyclic) bond motifs is 1. The second kappa shape index (κ2) is 6.67. The minimum absolute atomic E-state index is 0.135. The highest BCUT2D eigenvalue weighted by Gasteiger charge is 2.15. The van der Waals surface area contributed by atoms with E-state index in [-0.39, 0.29) is 12.5 Å². The van der Waals surface area contributed by atoms with Gasteiger partial charge in [-0.2, -0.15) is 0 Å². The molecule has 1 unspecified atom stereocenters. The van der Waals surface area contributed by atoms with Crippen molar-refractivity contribution in [2.24, 2.45) is 0 Å². The number of nitrogens with one attached hydrogen (secondary N) is 2. The molecule has 3 rings (SSSR count). The molecule has 1 atom stereocenters. The first kappa shape index (κ1) is 15.3. The zero-order valence-electron chi connectivity index (χ0n) is 13.0. The molecule has 0 radical (unpaired) electrons. The van der Waals surface area contributed by atoms with Crippen molar-refractivity contribution >= 4 is 16.8 Å². The fraction of sp³-hybridized carbons (Fsp3) is 0.211. The largest absolute Gasteiger partial charge is 0.394 e. The summed E-state index contributed by atoms with van der Waals surface area (Å²) in [5.74, 6) is -0.188. The van der Waals surface area contributed by atoms with E-state index >= 15 is 0 Å². The van der Waals surface area contributed by atoms with Crippen LogP contribution >= 0.6 is 0 Å². The van der Waals surface area contributed by atoms with Crippen LogP contribution in [0.2, 0.25) is 0 Å². The molecule has 0 aliphatic heterocycles. The van der Waals surface area contributed by atoms with Crippen LogP contribution in [-0.4, -0.2) is 22.6 Å². The van der Waals surface area contributed by atoms with E-state index in [1.807, 2.05) is 48.7 Å². The van der Waals surface area contributed by atoms with Crippen LogP contribution < -0.4 is 5.32 Å². The summed E-state index contributed by atoms with van der Waals surface area (Å²) in [5, 5.41) is 13.5. The molecule has 4 heteroatoms. The molecule has 3 N–H and O–H groups in total. The Labute approximate surface area is 135 Å². The maximum absolute atomic E-state index is 12.4. The average molecular weight is 308 g/mol. The molecular formula is C19H20N2O2. The maximum atomic E-state index is 12.4. The van der Waals surface area contributed by atoms with Crippen molar-refractivity contribution in [3.63, 3.8) is 0 Å². The first-order valence-corrected chi connectivity index (χ1v) is 7.79. The fourth-order valence-corrected chi connectivity index (χ4v) is 2.66. The lowest BCUT2D eigenvalue weighted by atomic mass is 10.0. The quantitative estimate of drug-likeness (QED) is 0.677. The number of rotatable bonds is 5. The number of aliphatic hydroxyl groups is 1. The van der Waals surface area contributed by atoms with Gasteiger partial charge in [-0.1, -0.05) is 31.2 Å². The van der Waals surface area contributed by atoms with Gasteiger partial charge in [0, 0.05) is 22.7 Å². The van der Waals surface area contributed by atoms with E-state index in [2.05, 4.69) is 17.2 Å². The molecule has 3 aromatic rings. The lowest BCUT2D eigenvalue weighted by Gasteiger charge is -2.17. The Morgan fingerprint density at radius 1 is 1.17 bits per heavy atom. The number of benzene rings is 2. The van der Waals surface area contributed by atoms with Gasteiger partial charge >= 0.3 is 0 Å². The van der Waals surface area contributed by atoms with Gasteiger partial charge < -0.3 is 15.4 Å². The van der Waals surface area contributed by atoms with Crippen LogP contribution in [0.4, 0.5) is 0 Å². The molecule has 2 aromatic carbocycles. The smallest absolute Gasteiger partial charge is 0.251 e. The molecule has 4 nitrogen and oxygen atoms in total. The monoisotopic (exact) mass is 308 g/mol. The molecule has 1 aromatic heterocycles. The molecule has 1 heterocycles. The summed E-state index contributed by atoms with van der Waals surface area (Å²) in [4.78, 5) is 15.5. The second-order valence-corrected chi connectivity index (χ2v) is 5.58. The van der Waals surface area contributed by atoms with E-state index in [0.29, 0.717) is 5.56 Å². The second-order valence-electron chi connectivity index (χ2n) is 5.58. The van der Waals surface area contributed by atoms with Gasteiger partial charge in [0.05, 0.1) is 12.6 Å². The topological polar surface area (TPSA) is 65.1 Å². The Kier molecular flexibility index (Phi) is 4.44. The van der Waals surface area contributed by atoms with Crippen molar-refractivity contribution in [3.05, 3.63) is 71.4 Å². The summed E-state index contributed by atoms with van der Waals surface area (Å²) >= 11 is 0. The molecule has 0 saturated carbocycles. The molecule has 0 bridgehead atoms. The van der Waals surface area contributed by atoms with Crippen LogP contribution in [0.3, 0.4) is 0 Å². The molecular weight excluding hydrogens is 288 g/mol. The minimum Gasteiger partial charge on any atom is -0.394 e. The van der Waals surface area contributed by atoms with Crippen molar-refractivity contribution in [1.29, 1.82) is 0 Å². The molecule has 0 spiro atoms. The number of amides is 1. The standard InChI is InChI=1S/C19H20N2O2/c1-2-13-3-5-14(6-4-13)18(12-22)21-19(23)16-7-8-17-15(11-16)9-10-20-17/h3-11,18,20,22H,2,12H2,1H3,(H,21,23). The third kappa shape index (κ3) is 3.27. The van der Waals surface area contributed by atoms with Gasteiger partial charge in [-0.3, -0.25) is 4.79 Å². The lowest BCUT2D eigenvalue weighted by molar-refractivity contribution is 0.0916. The van der Waals surface area contributed by atoms with Crippen LogP contribution in [0, 0.1) is 0 Å². The predicted octanol–water partition coefficient (Wildman–Crippen LogP) is 3.19. The molecule has 0 fully saturated rings. The zero-order chi connectivity index (χ0) is 16.2. The highest BCUT2D eigenvalue weighted by atomic mass is 16.3. The number of carbonyl (C=O) groups excluding carboxylic acids is 1. The van der Waals surface area contributed by atoms with Gasteiger partial charge in [0.2, 0.25) is 0 Å². The van der Waals surface area contributed by atoms with E-state index in [1.54, 1.807) is 6.07 Å². The van der Waals surface area contributed by atoms with Crippen molar-refractivity contribution in [1.82, 2.24) is 10.3 Å². The number of aromatic nitrogens is 1. The average Bonchev–Trinajstić information content (AvgIpc) is 3.07. The van der Waals surface area contributed by atoms with Crippen molar-refractivity contribution in [2.75, 3.05) is 6.61 Å². The Morgan fingerprint density at radius 3 is 2.65 bits per heavy atom. The first-order chi connectivity index (χ1) is 11.2. The number of aromatic amines is 1. The van der Waals surface area contributed by atoms with Crippen LogP contribution in [-0.2, 0) is 6.42 Å². The SMILES string of the molecule is CCc1ccc(C(CO)NC(=O)c2ccc3[nH]ccc3c2)cc1. The van der Waals surface area contributed by atoms with E-state index in [0.717, 1.165) is 22.9 Å². The molecule has 0 aliphatic carbocycles. The Hall–Kier alpha value is -2.59. The first-order valence-electron chi connectivity index (χ1n) is 7.79. The predicted molar refractivity (Wildman–Crippen MR) is 91.4 cm³/mol. The van der Waals surface area contributed by atoms with Gasteiger partial charge in [0.25, 0.3) is 5.91 Å². The van der Waals surface area contributed by atoms with E-state index in [4.69, 9.17) is 0 Å². The van der Waals surface area contributed by atoms with Gasteiger partial charge in [-0.05, 0) is 41.8 Å². The molecule has 1 amide bonds. The maximum Gasteiger partial charge on any atom is 0.251 e. The molecule has 0 aliphatic rings. The normalized spacial score (nSPS) is 12.3. The van der Waals surface area contributed by atoms with Crippen LogP contribution in [0.25, 0.3) is 10.9 Å². The number of hydrogen-bond donors (Lipinski definition) is 3. The summed E-state index contributed by atoms with van der Waals surface area (Å²) in [5.41, 5.74) is 3.71. The van der Waals surface area contributed by atoms with E-state index < -0.39 is 6.04 Å². The fourth-order valence-electron chi connectivity index (χ4n) is 2.66. The Balaban J connectivity index is 1.78. The highest BCUT2D eigenvalue weighted by molar-refractivity contribution is 5.98. The van der Waals surface area contributed by atoms with E-state index in [1.165, 1.54) is 5.56 Å². The lowest BCUT2D eigenvalue weighted by Crippen LogP contribution is -2.30. The highest BCUT2D eigenvalue weighted by Crippen LogP contribution is 2.17. The number of aryl methyl sites for hydroxylation is 1. The number of H-pyrrole nitrogens is 1. The Morgan fingerprint density at radius 2 is 1.96 bits per heavy atom. The molecule has 0 saturated heterocycles. The summed E-state index contributed by atoms with van der Waals surface area (Å²) < 4.78 is 0. The molecule has 118 valence electrons. The third-order valence-corrected chi connectivity index (χ3v) is 4.09. The minimum atomic E-state index is -0.407. The number of hydrogen-bond acceptors (Lipinski definition) is 2. The van der Waals surface area contributed by atoms with Gasteiger partial charge in [-0.25, -0.2) is 0 Å². The van der Waals surface area contributed by atoms with Gasteiger partial charge in [0.1, 0.15) is 0 Å². The van der Waals surface area contributed by atoms with Crippen LogP contribution in [0.1, 0.15) is 34.5 Å². The van der Waals surface area contributed by atoms with Crippen LogP contribution in [0.5, 0.6) is 0 Å². The summed E-state index contributed by atoms with van der Waals surface area (Å²) in [7, 11) is 0. The Bertz CT molecular complexity index is 806. The van der Waals surface area contributed by atoms with Crippen LogP contribution in [0.15, 0.2) is 54.7 Å². The van der Waals surface area contributed by atoms with E-state index in [9.17, 15) is 9.90 Å². The van der Waals surface area contributed by atoms with Crippen molar-refractivity contribution in [3.8, 4) is 0 Å².